The van der Waals surface area contributed by atoms with Crippen molar-refractivity contribution < 1.29 is 0 Å². The number of hydrogen-bond donors (Lipinski definition) is 1. The third kappa shape index (κ3) is 3.98. The molecule has 1 fully saturated rings. The van der Waals surface area contributed by atoms with Crippen LogP contribution >= 0.6 is 11.6 Å². The van der Waals surface area contributed by atoms with Gasteiger partial charge in [0.25, 0.3) is 0 Å². The molecule has 0 spiro atoms. The highest BCUT2D eigenvalue weighted by atomic mass is 35.5. The number of rotatable bonds is 3. The Bertz CT molecular complexity index is 414. The molecule has 1 aliphatic carbocycles. The lowest BCUT2D eigenvalue weighted by Gasteiger charge is -2.30. The summed E-state index contributed by atoms with van der Waals surface area (Å²) in [6.07, 6.45) is 8.29. The molecule has 0 amide bonds. The van der Waals surface area contributed by atoms with Crippen molar-refractivity contribution in [3.05, 3.63) is 16.9 Å². The molecule has 1 aliphatic rings. The summed E-state index contributed by atoms with van der Waals surface area (Å²) in [4.78, 5) is 0. The molecule has 1 aromatic heterocycles. The van der Waals surface area contributed by atoms with Gasteiger partial charge in [-0.1, -0.05) is 30.9 Å². The van der Waals surface area contributed by atoms with E-state index in [-0.39, 0.29) is 5.54 Å². The number of halogens is 1. The smallest absolute Gasteiger partial charge is 0.0820 e. The van der Waals surface area contributed by atoms with Gasteiger partial charge < -0.3 is 5.32 Å². The summed E-state index contributed by atoms with van der Waals surface area (Å²) in [6, 6.07) is 0. The normalized spacial score (nSPS) is 24.6. The second-order valence-corrected chi connectivity index (χ2v) is 7.54. The first-order valence-corrected chi connectivity index (χ1v) is 8.18. The Balaban J connectivity index is 2.17. The molecule has 1 aromatic rings. The molecule has 1 heterocycles. The topological polar surface area (TPSA) is 29.9 Å². The summed E-state index contributed by atoms with van der Waals surface area (Å²) in [7, 11) is 2.01. The van der Waals surface area contributed by atoms with Crippen LogP contribution in [0, 0.1) is 5.92 Å². The maximum atomic E-state index is 6.38. The van der Waals surface area contributed by atoms with Crippen LogP contribution in [0.15, 0.2) is 6.20 Å². The maximum Gasteiger partial charge on any atom is 0.0820 e. The third-order valence-corrected chi connectivity index (χ3v) is 4.63. The van der Waals surface area contributed by atoms with Crippen LogP contribution in [0.4, 0.5) is 0 Å². The standard InChI is InChI=1S/C16H28ClN3/c1-16(2,3)18-10-12-8-6-5-7-9-13(12)15-14(17)11-19-20(15)4/h11-13,18H,5-10H2,1-4H3. The lowest BCUT2D eigenvalue weighted by atomic mass is 9.84. The van der Waals surface area contributed by atoms with Crippen LogP contribution in [0.2, 0.25) is 5.02 Å². The second-order valence-electron chi connectivity index (χ2n) is 7.14. The van der Waals surface area contributed by atoms with Gasteiger partial charge in [0.2, 0.25) is 0 Å². The summed E-state index contributed by atoms with van der Waals surface area (Å²) in [5.41, 5.74) is 1.40. The van der Waals surface area contributed by atoms with E-state index in [0.717, 1.165) is 11.6 Å². The van der Waals surface area contributed by atoms with E-state index in [1.165, 1.54) is 37.8 Å². The Labute approximate surface area is 128 Å². The van der Waals surface area contributed by atoms with Crippen molar-refractivity contribution in [1.29, 1.82) is 0 Å². The number of hydrogen-bond acceptors (Lipinski definition) is 2. The van der Waals surface area contributed by atoms with E-state index in [4.69, 9.17) is 11.6 Å². The predicted octanol–water partition coefficient (Wildman–Crippen LogP) is 4.13. The third-order valence-electron chi connectivity index (χ3n) is 4.34. The Morgan fingerprint density at radius 3 is 2.60 bits per heavy atom. The zero-order valence-corrected chi connectivity index (χ0v) is 14.0. The fraction of sp³-hybridized carbons (Fsp3) is 0.812. The lowest BCUT2D eigenvalue weighted by Crippen LogP contribution is -2.40. The van der Waals surface area contributed by atoms with E-state index in [1.54, 1.807) is 6.20 Å². The van der Waals surface area contributed by atoms with Crippen molar-refractivity contribution in [2.24, 2.45) is 13.0 Å². The zero-order valence-electron chi connectivity index (χ0n) is 13.2. The highest BCUT2D eigenvalue weighted by molar-refractivity contribution is 6.31. The van der Waals surface area contributed by atoms with Gasteiger partial charge in [-0.2, -0.15) is 5.10 Å². The van der Waals surface area contributed by atoms with Crippen LogP contribution in [-0.4, -0.2) is 21.9 Å². The molecule has 4 heteroatoms. The van der Waals surface area contributed by atoms with Gasteiger partial charge in [-0.15, -0.1) is 0 Å². The van der Waals surface area contributed by atoms with Gasteiger partial charge in [0.05, 0.1) is 16.9 Å². The molecule has 0 aromatic carbocycles. The summed E-state index contributed by atoms with van der Waals surface area (Å²) in [5.74, 6) is 1.19. The van der Waals surface area contributed by atoms with Gasteiger partial charge in [-0.25, -0.2) is 0 Å². The molecule has 0 radical (unpaired) electrons. The largest absolute Gasteiger partial charge is 0.312 e. The molecule has 114 valence electrons. The van der Waals surface area contributed by atoms with Crippen LogP contribution in [0.3, 0.4) is 0 Å². The molecule has 2 rings (SSSR count). The number of aromatic nitrogens is 2. The zero-order chi connectivity index (χ0) is 14.8. The van der Waals surface area contributed by atoms with Gasteiger partial charge in [0.15, 0.2) is 0 Å². The minimum absolute atomic E-state index is 0.174. The Hall–Kier alpha value is -0.540. The number of nitrogens with zero attached hydrogens (tertiary/aromatic N) is 2. The molecular weight excluding hydrogens is 270 g/mol. The van der Waals surface area contributed by atoms with Crippen molar-refractivity contribution >= 4 is 11.6 Å². The van der Waals surface area contributed by atoms with Gasteiger partial charge in [0.1, 0.15) is 0 Å². The van der Waals surface area contributed by atoms with E-state index in [0.29, 0.717) is 11.8 Å². The molecule has 3 nitrogen and oxygen atoms in total. The monoisotopic (exact) mass is 297 g/mol. The molecule has 2 atom stereocenters. The van der Waals surface area contributed by atoms with Crippen molar-refractivity contribution in [1.82, 2.24) is 15.1 Å². The van der Waals surface area contributed by atoms with Crippen LogP contribution in [0.5, 0.6) is 0 Å². The molecule has 0 aliphatic heterocycles. The first-order valence-electron chi connectivity index (χ1n) is 7.81. The summed E-state index contributed by atoms with van der Waals surface area (Å²) >= 11 is 6.38. The van der Waals surface area contributed by atoms with Gasteiger partial charge in [0, 0.05) is 18.5 Å². The van der Waals surface area contributed by atoms with Crippen molar-refractivity contribution in [3.8, 4) is 0 Å². The van der Waals surface area contributed by atoms with E-state index in [2.05, 4.69) is 31.2 Å². The summed E-state index contributed by atoms with van der Waals surface area (Å²) in [5, 5.41) is 8.84. The molecule has 20 heavy (non-hydrogen) atoms. The fourth-order valence-electron chi connectivity index (χ4n) is 3.26. The fourth-order valence-corrected chi connectivity index (χ4v) is 3.57. The van der Waals surface area contributed by atoms with E-state index < -0.39 is 0 Å². The molecule has 0 saturated heterocycles. The minimum Gasteiger partial charge on any atom is -0.312 e. The SMILES string of the molecule is Cn1ncc(Cl)c1C1CCCCCC1CNC(C)(C)C. The predicted molar refractivity (Wildman–Crippen MR) is 85.3 cm³/mol. The van der Waals surface area contributed by atoms with Gasteiger partial charge in [-0.3, -0.25) is 4.68 Å². The first-order chi connectivity index (χ1) is 9.38. The maximum absolute atomic E-state index is 6.38. The molecule has 0 bridgehead atoms. The highest BCUT2D eigenvalue weighted by Crippen LogP contribution is 2.39. The first kappa shape index (κ1) is 15.8. The van der Waals surface area contributed by atoms with Gasteiger partial charge >= 0.3 is 0 Å². The Morgan fingerprint density at radius 1 is 1.30 bits per heavy atom. The van der Waals surface area contributed by atoms with E-state index in [9.17, 15) is 0 Å². The van der Waals surface area contributed by atoms with Crippen LogP contribution in [-0.2, 0) is 7.05 Å². The van der Waals surface area contributed by atoms with E-state index in [1.807, 2.05) is 11.7 Å². The van der Waals surface area contributed by atoms with Crippen LogP contribution < -0.4 is 5.32 Å². The molecule has 1 N–H and O–H groups in total. The summed E-state index contributed by atoms with van der Waals surface area (Å²) in [6.45, 7) is 7.76. The number of nitrogens with one attached hydrogen (secondary N) is 1. The van der Waals surface area contributed by atoms with E-state index >= 15 is 0 Å². The Morgan fingerprint density at radius 2 is 2.00 bits per heavy atom. The van der Waals surface area contributed by atoms with Crippen molar-refractivity contribution in [2.45, 2.75) is 64.3 Å². The van der Waals surface area contributed by atoms with Crippen molar-refractivity contribution in [2.75, 3.05) is 6.54 Å². The Kier molecular flexibility index (Phi) is 5.14. The molecule has 1 saturated carbocycles. The number of aryl methyl sites for hydroxylation is 1. The lowest BCUT2D eigenvalue weighted by molar-refractivity contribution is 0.315. The van der Waals surface area contributed by atoms with Crippen LogP contribution in [0.1, 0.15) is 64.5 Å². The molecular formula is C16H28ClN3. The average Bonchev–Trinajstić information content (AvgIpc) is 2.58. The summed E-state index contributed by atoms with van der Waals surface area (Å²) < 4.78 is 1.97. The molecule has 2 unspecified atom stereocenters. The average molecular weight is 298 g/mol. The quantitative estimate of drug-likeness (QED) is 0.850. The second kappa shape index (κ2) is 6.48. The van der Waals surface area contributed by atoms with Crippen LogP contribution in [0.25, 0.3) is 0 Å². The highest BCUT2D eigenvalue weighted by Gasteiger charge is 2.29. The van der Waals surface area contributed by atoms with Crippen molar-refractivity contribution in [3.63, 3.8) is 0 Å². The van der Waals surface area contributed by atoms with Gasteiger partial charge in [-0.05, 0) is 46.1 Å². The minimum atomic E-state index is 0.174.